The fraction of sp³-hybridized carbons (Fsp3) is 0. The van der Waals surface area contributed by atoms with Crippen molar-refractivity contribution in [3.05, 3.63) is 71.3 Å². The van der Waals surface area contributed by atoms with Gasteiger partial charge in [0.15, 0.2) is 0 Å². The van der Waals surface area contributed by atoms with Crippen LogP contribution in [0.25, 0.3) is 6.08 Å². The number of halogens is 2. The number of nitrogens with zero attached hydrogens (tertiary/aromatic N) is 1. The van der Waals surface area contributed by atoms with E-state index in [0.717, 1.165) is 17.7 Å². The number of hydrogen-bond donors (Lipinski definition) is 0. The monoisotopic (exact) mass is 285 g/mol. The molecule has 0 saturated heterocycles. The van der Waals surface area contributed by atoms with Crippen molar-refractivity contribution in [1.29, 1.82) is 5.26 Å². The second-order valence-corrected chi connectivity index (χ2v) is 4.09. The topological polar surface area (TPSA) is 50.1 Å². The van der Waals surface area contributed by atoms with E-state index in [1.165, 1.54) is 18.2 Å². The number of carbonyl (C=O) groups is 1. The van der Waals surface area contributed by atoms with E-state index in [1.807, 2.05) is 0 Å². The zero-order valence-corrected chi connectivity index (χ0v) is 10.8. The number of esters is 1. The van der Waals surface area contributed by atoms with Gasteiger partial charge in [-0.05, 0) is 29.8 Å². The largest absolute Gasteiger partial charge is 0.423 e. The molecule has 0 aliphatic carbocycles. The van der Waals surface area contributed by atoms with Gasteiger partial charge in [-0.25, -0.2) is 13.6 Å². The van der Waals surface area contributed by atoms with Crippen molar-refractivity contribution in [3.63, 3.8) is 0 Å². The Morgan fingerprint density at radius 2 is 1.76 bits per heavy atom. The van der Waals surface area contributed by atoms with E-state index >= 15 is 0 Å². The van der Waals surface area contributed by atoms with E-state index in [1.54, 1.807) is 18.2 Å². The Balaban J connectivity index is 2.24. The van der Waals surface area contributed by atoms with Crippen LogP contribution in [0.2, 0.25) is 0 Å². The van der Waals surface area contributed by atoms with Gasteiger partial charge < -0.3 is 4.74 Å². The van der Waals surface area contributed by atoms with Gasteiger partial charge in [0.1, 0.15) is 29.0 Å². The first-order chi connectivity index (χ1) is 10.0. The van der Waals surface area contributed by atoms with Crippen molar-refractivity contribution in [3.8, 4) is 11.8 Å². The molecule has 0 aliphatic rings. The van der Waals surface area contributed by atoms with E-state index in [0.29, 0.717) is 0 Å². The van der Waals surface area contributed by atoms with E-state index in [-0.39, 0.29) is 11.3 Å². The number of carbonyl (C=O) groups excluding carboxylic acids is 1. The summed E-state index contributed by atoms with van der Waals surface area (Å²) >= 11 is 0. The smallest absolute Gasteiger partial charge is 0.343 e. The molecule has 0 radical (unpaired) electrons. The normalized spacial score (nSPS) is 9.76. The van der Waals surface area contributed by atoms with Gasteiger partial charge in [-0.3, -0.25) is 0 Å². The fourth-order valence-electron chi connectivity index (χ4n) is 1.64. The molecule has 0 saturated carbocycles. The highest BCUT2D eigenvalue weighted by molar-refractivity contribution is 5.91. The van der Waals surface area contributed by atoms with Gasteiger partial charge in [-0.1, -0.05) is 24.8 Å². The summed E-state index contributed by atoms with van der Waals surface area (Å²) in [6.45, 7) is 3.59. The minimum atomic E-state index is -1.11. The quantitative estimate of drug-likeness (QED) is 0.638. The molecule has 0 amide bonds. The molecule has 0 aromatic heterocycles. The summed E-state index contributed by atoms with van der Waals surface area (Å²) in [6.07, 6.45) is 1.62. The molecule has 0 unspecified atom stereocenters. The van der Waals surface area contributed by atoms with Gasteiger partial charge in [0.25, 0.3) is 0 Å². The van der Waals surface area contributed by atoms with Crippen molar-refractivity contribution >= 4 is 12.0 Å². The summed E-state index contributed by atoms with van der Waals surface area (Å²) < 4.78 is 31.8. The lowest BCUT2D eigenvalue weighted by Crippen LogP contribution is -2.10. The molecule has 0 aliphatic heterocycles. The molecular formula is C16H9F2NO2. The summed E-state index contributed by atoms with van der Waals surface area (Å²) in [5, 5.41) is 8.56. The van der Waals surface area contributed by atoms with Gasteiger partial charge in [-0.2, -0.15) is 5.26 Å². The highest BCUT2D eigenvalue weighted by atomic mass is 19.1. The molecule has 0 atom stereocenters. The molecule has 2 aromatic carbocycles. The minimum absolute atomic E-state index is 0.232. The fourth-order valence-corrected chi connectivity index (χ4v) is 1.64. The van der Waals surface area contributed by atoms with Crippen molar-refractivity contribution < 1.29 is 18.3 Å². The van der Waals surface area contributed by atoms with Gasteiger partial charge in [-0.15, -0.1) is 0 Å². The van der Waals surface area contributed by atoms with Crippen LogP contribution in [0.4, 0.5) is 8.78 Å². The highest BCUT2D eigenvalue weighted by Crippen LogP contribution is 2.18. The molecule has 21 heavy (non-hydrogen) atoms. The van der Waals surface area contributed by atoms with Crippen LogP contribution in [0.15, 0.2) is 43.0 Å². The zero-order valence-electron chi connectivity index (χ0n) is 10.8. The number of hydrogen-bond acceptors (Lipinski definition) is 3. The third-order valence-corrected chi connectivity index (χ3v) is 2.72. The minimum Gasteiger partial charge on any atom is -0.423 e. The number of ether oxygens (including phenoxy) is 1. The van der Waals surface area contributed by atoms with Crippen molar-refractivity contribution in [2.45, 2.75) is 0 Å². The molecule has 2 rings (SSSR count). The van der Waals surface area contributed by atoms with Crippen LogP contribution in [0.5, 0.6) is 5.75 Å². The number of rotatable bonds is 3. The average Bonchev–Trinajstić information content (AvgIpc) is 2.47. The van der Waals surface area contributed by atoms with Crippen LogP contribution in [-0.4, -0.2) is 5.97 Å². The summed E-state index contributed by atoms with van der Waals surface area (Å²) in [5.74, 6) is -2.89. The predicted molar refractivity (Wildman–Crippen MR) is 72.6 cm³/mol. The molecule has 0 fully saturated rings. The summed E-state index contributed by atoms with van der Waals surface area (Å²) in [5.41, 5.74) is -0.205. The third kappa shape index (κ3) is 3.12. The van der Waals surface area contributed by atoms with Crippen LogP contribution in [0.1, 0.15) is 21.5 Å². The van der Waals surface area contributed by atoms with Crippen LogP contribution in [-0.2, 0) is 0 Å². The third-order valence-electron chi connectivity index (χ3n) is 2.72. The average molecular weight is 285 g/mol. The molecular weight excluding hydrogens is 276 g/mol. The Morgan fingerprint density at radius 3 is 2.24 bits per heavy atom. The maximum absolute atomic E-state index is 13.4. The van der Waals surface area contributed by atoms with Gasteiger partial charge in [0.2, 0.25) is 0 Å². The lowest BCUT2D eigenvalue weighted by Gasteiger charge is -2.06. The standard InChI is InChI=1S/C16H9F2NO2/c1-2-10-3-5-12(6-4-10)21-16(20)11-7-14(17)13(9-19)15(18)8-11/h2-8H,1H2. The Hall–Kier alpha value is -3.00. The second-order valence-electron chi connectivity index (χ2n) is 4.09. The van der Waals surface area contributed by atoms with Crippen molar-refractivity contribution in [2.75, 3.05) is 0 Å². The Bertz CT molecular complexity index is 723. The maximum Gasteiger partial charge on any atom is 0.343 e. The van der Waals surface area contributed by atoms with E-state index < -0.39 is 23.2 Å². The Morgan fingerprint density at radius 1 is 1.19 bits per heavy atom. The second kappa shape index (κ2) is 5.97. The summed E-state index contributed by atoms with van der Waals surface area (Å²) in [7, 11) is 0. The lowest BCUT2D eigenvalue weighted by molar-refractivity contribution is 0.0733. The highest BCUT2D eigenvalue weighted by Gasteiger charge is 2.16. The SMILES string of the molecule is C=Cc1ccc(OC(=O)c2cc(F)c(C#N)c(F)c2)cc1. The molecule has 0 heterocycles. The van der Waals surface area contributed by atoms with Crippen molar-refractivity contribution in [1.82, 2.24) is 0 Å². The first-order valence-electron chi connectivity index (χ1n) is 5.89. The lowest BCUT2D eigenvalue weighted by atomic mass is 10.1. The van der Waals surface area contributed by atoms with Gasteiger partial charge >= 0.3 is 5.97 Å². The van der Waals surface area contributed by atoms with E-state index in [2.05, 4.69) is 6.58 Å². The molecule has 104 valence electrons. The Labute approximate surface area is 119 Å². The van der Waals surface area contributed by atoms with Gasteiger partial charge in [0, 0.05) is 0 Å². The first kappa shape index (κ1) is 14.4. The van der Waals surface area contributed by atoms with Crippen LogP contribution >= 0.6 is 0 Å². The first-order valence-corrected chi connectivity index (χ1v) is 5.89. The van der Waals surface area contributed by atoms with Crippen LogP contribution in [0, 0.1) is 23.0 Å². The van der Waals surface area contributed by atoms with Crippen molar-refractivity contribution in [2.24, 2.45) is 0 Å². The van der Waals surface area contributed by atoms with Crippen LogP contribution < -0.4 is 4.74 Å². The Kier molecular flexibility index (Phi) is 4.10. The molecule has 0 bridgehead atoms. The summed E-state index contributed by atoms with van der Waals surface area (Å²) in [6, 6.07) is 9.33. The molecule has 3 nitrogen and oxygen atoms in total. The summed E-state index contributed by atoms with van der Waals surface area (Å²) in [4.78, 5) is 11.8. The van der Waals surface area contributed by atoms with E-state index in [4.69, 9.17) is 10.00 Å². The maximum atomic E-state index is 13.4. The molecule has 2 aromatic rings. The molecule has 0 spiro atoms. The number of benzene rings is 2. The van der Waals surface area contributed by atoms with Crippen LogP contribution in [0.3, 0.4) is 0 Å². The predicted octanol–water partition coefficient (Wildman–Crippen LogP) is 3.70. The molecule has 5 heteroatoms. The molecule has 0 N–H and O–H groups in total. The van der Waals surface area contributed by atoms with E-state index in [9.17, 15) is 13.6 Å². The number of nitriles is 1. The zero-order chi connectivity index (χ0) is 15.4. The van der Waals surface area contributed by atoms with Gasteiger partial charge in [0.05, 0.1) is 5.56 Å².